The van der Waals surface area contributed by atoms with Crippen LogP contribution in [-0.2, 0) is 0 Å². The summed E-state index contributed by atoms with van der Waals surface area (Å²) < 4.78 is 0. The standard InChI is InChI=1S/C16H25N3/c1-14(15-5-9-17-10-6-15)19-12-11-18-16(13-19)7-3-2-4-8-16/h5-6,9-10,14,18H,2-4,7-8,11-13H2,1H3. The molecule has 1 aliphatic heterocycles. The zero-order valence-corrected chi connectivity index (χ0v) is 11.9. The van der Waals surface area contributed by atoms with Crippen LogP contribution in [0.4, 0.5) is 0 Å². The fourth-order valence-electron chi connectivity index (χ4n) is 3.74. The Labute approximate surface area is 116 Å². The van der Waals surface area contributed by atoms with E-state index in [9.17, 15) is 0 Å². The molecule has 1 aromatic rings. The lowest BCUT2D eigenvalue weighted by atomic mass is 9.80. The third-order valence-electron chi connectivity index (χ3n) is 4.95. The molecule has 1 saturated carbocycles. The Bertz CT molecular complexity index is 392. The molecule has 1 atom stereocenters. The first-order chi connectivity index (χ1) is 9.29. The van der Waals surface area contributed by atoms with Gasteiger partial charge in [-0.2, -0.15) is 0 Å². The van der Waals surface area contributed by atoms with Gasteiger partial charge in [0.25, 0.3) is 0 Å². The van der Waals surface area contributed by atoms with Crippen molar-refractivity contribution >= 4 is 0 Å². The summed E-state index contributed by atoms with van der Waals surface area (Å²) in [5.74, 6) is 0. The topological polar surface area (TPSA) is 28.2 Å². The SMILES string of the molecule is CC(c1ccncc1)N1CCNC2(CCCCC2)C1. The fourth-order valence-corrected chi connectivity index (χ4v) is 3.74. The highest BCUT2D eigenvalue weighted by atomic mass is 15.2. The molecule has 0 aromatic carbocycles. The molecule has 1 aromatic heterocycles. The Morgan fingerprint density at radius 2 is 1.95 bits per heavy atom. The zero-order valence-electron chi connectivity index (χ0n) is 11.9. The quantitative estimate of drug-likeness (QED) is 0.885. The molecule has 104 valence electrons. The number of hydrogen-bond donors (Lipinski definition) is 1. The van der Waals surface area contributed by atoms with Crippen LogP contribution in [-0.4, -0.2) is 35.1 Å². The smallest absolute Gasteiger partial charge is 0.0322 e. The van der Waals surface area contributed by atoms with Crippen molar-refractivity contribution in [1.82, 2.24) is 15.2 Å². The molecule has 3 nitrogen and oxygen atoms in total. The first-order valence-electron chi connectivity index (χ1n) is 7.68. The molecule has 1 aliphatic carbocycles. The highest BCUT2D eigenvalue weighted by Gasteiger charge is 2.37. The number of hydrogen-bond acceptors (Lipinski definition) is 3. The fraction of sp³-hybridized carbons (Fsp3) is 0.688. The van der Waals surface area contributed by atoms with Crippen molar-refractivity contribution in [3.63, 3.8) is 0 Å². The molecule has 19 heavy (non-hydrogen) atoms. The van der Waals surface area contributed by atoms with Gasteiger partial charge in [-0.25, -0.2) is 0 Å². The summed E-state index contributed by atoms with van der Waals surface area (Å²) in [7, 11) is 0. The van der Waals surface area contributed by atoms with Crippen LogP contribution in [0.25, 0.3) is 0 Å². The van der Waals surface area contributed by atoms with Gasteiger partial charge in [0.15, 0.2) is 0 Å². The van der Waals surface area contributed by atoms with Crippen LogP contribution in [0.5, 0.6) is 0 Å². The number of pyridine rings is 1. The van der Waals surface area contributed by atoms with Gasteiger partial charge in [-0.15, -0.1) is 0 Å². The van der Waals surface area contributed by atoms with Crippen molar-refractivity contribution in [2.45, 2.75) is 50.6 Å². The Hall–Kier alpha value is -0.930. The summed E-state index contributed by atoms with van der Waals surface area (Å²) >= 11 is 0. The molecule has 0 amide bonds. The highest BCUT2D eigenvalue weighted by Crippen LogP contribution is 2.33. The van der Waals surface area contributed by atoms with E-state index < -0.39 is 0 Å². The van der Waals surface area contributed by atoms with Crippen LogP contribution in [0.15, 0.2) is 24.5 Å². The van der Waals surface area contributed by atoms with Gasteiger partial charge < -0.3 is 5.32 Å². The van der Waals surface area contributed by atoms with Crippen LogP contribution in [0.2, 0.25) is 0 Å². The molecule has 2 fully saturated rings. The van der Waals surface area contributed by atoms with Crippen molar-refractivity contribution in [3.8, 4) is 0 Å². The van der Waals surface area contributed by atoms with Gasteiger partial charge in [0, 0.05) is 43.6 Å². The minimum atomic E-state index is 0.401. The van der Waals surface area contributed by atoms with Crippen molar-refractivity contribution in [2.24, 2.45) is 0 Å². The van der Waals surface area contributed by atoms with Gasteiger partial charge in [-0.3, -0.25) is 9.88 Å². The van der Waals surface area contributed by atoms with E-state index >= 15 is 0 Å². The first-order valence-corrected chi connectivity index (χ1v) is 7.68. The lowest BCUT2D eigenvalue weighted by Crippen LogP contribution is -2.61. The van der Waals surface area contributed by atoms with E-state index in [1.165, 1.54) is 44.2 Å². The predicted octanol–water partition coefficient (Wildman–Crippen LogP) is 2.75. The van der Waals surface area contributed by atoms with E-state index in [0.29, 0.717) is 11.6 Å². The monoisotopic (exact) mass is 259 g/mol. The number of nitrogens with one attached hydrogen (secondary N) is 1. The summed E-state index contributed by atoms with van der Waals surface area (Å²) in [4.78, 5) is 6.78. The van der Waals surface area contributed by atoms with Crippen molar-refractivity contribution in [2.75, 3.05) is 19.6 Å². The summed E-state index contributed by atoms with van der Waals surface area (Å²) in [5, 5.41) is 3.82. The molecule has 1 unspecified atom stereocenters. The number of piperazine rings is 1. The molecule has 0 bridgehead atoms. The molecular weight excluding hydrogens is 234 g/mol. The molecule has 2 aliphatic rings. The van der Waals surface area contributed by atoms with Gasteiger partial charge in [-0.1, -0.05) is 19.3 Å². The van der Waals surface area contributed by atoms with E-state index in [0.717, 1.165) is 13.1 Å². The second kappa shape index (κ2) is 5.59. The number of rotatable bonds is 2. The van der Waals surface area contributed by atoms with E-state index in [2.05, 4.69) is 34.3 Å². The predicted molar refractivity (Wildman–Crippen MR) is 78.0 cm³/mol. The van der Waals surface area contributed by atoms with E-state index in [-0.39, 0.29) is 0 Å². The van der Waals surface area contributed by atoms with Crippen molar-refractivity contribution in [3.05, 3.63) is 30.1 Å². The third kappa shape index (κ3) is 2.82. The molecule has 0 radical (unpaired) electrons. The molecule has 2 heterocycles. The Balaban J connectivity index is 1.71. The molecular formula is C16H25N3. The van der Waals surface area contributed by atoms with E-state index in [1.54, 1.807) is 0 Å². The molecule has 1 N–H and O–H groups in total. The normalized spacial score (nSPS) is 25.3. The largest absolute Gasteiger partial charge is 0.309 e. The van der Waals surface area contributed by atoms with Gasteiger partial charge in [0.2, 0.25) is 0 Å². The average Bonchev–Trinajstić information content (AvgIpc) is 2.48. The van der Waals surface area contributed by atoms with Crippen LogP contribution < -0.4 is 5.32 Å². The van der Waals surface area contributed by atoms with Crippen LogP contribution in [0.3, 0.4) is 0 Å². The average molecular weight is 259 g/mol. The second-order valence-electron chi connectivity index (χ2n) is 6.19. The minimum absolute atomic E-state index is 0.401. The number of nitrogens with zero attached hydrogens (tertiary/aromatic N) is 2. The van der Waals surface area contributed by atoms with Crippen LogP contribution >= 0.6 is 0 Å². The van der Waals surface area contributed by atoms with Gasteiger partial charge >= 0.3 is 0 Å². The maximum absolute atomic E-state index is 4.13. The first kappa shape index (κ1) is 13.1. The maximum atomic E-state index is 4.13. The van der Waals surface area contributed by atoms with Crippen LogP contribution in [0.1, 0.15) is 50.6 Å². The van der Waals surface area contributed by atoms with E-state index in [4.69, 9.17) is 0 Å². The second-order valence-corrected chi connectivity index (χ2v) is 6.19. The van der Waals surface area contributed by atoms with Gasteiger partial charge in [0.05, 0.1) is 0 Å². The van der Waals surface area contributed by atoms with Gasteiger partial charge in [-0.05, 0) is 37.5 Å². The van der Waals surface area contributed by atoms with Crippen LogP contribution in [0, 0.1) is 0 Å². The summed E-state index contributed by atoms with van der Waals surface area (Å²) in [6.45, 7) is 5.83. The third-order valence-corrected chi connectivity index (χ3v) is 4.95. The summed E-state index contributed by atoms with van der Waals surface area (Å²) in [6, 6.07) is 4.81. The Morgan fingerprint density at radius 3 is 2.68 bits per heavy atom. The Kier molecular flexibility index (Phi) is 3.85. The summed E-state index contributed by atoms with van der Waals surface area (Å²) in [5.41, 5.74) is 1.79. The summed E-state index contributed by atoms with van der Waals surface area (Å²) in [6.07, 6.45) is 10.7. The molecule has 3 rings (SSSR count). The molecule has 1 saturated heterocycles. The van der Waals surface area contributed by atoms with Gasteiger partial charge in [0.1, 0.15) is 0 Å². The van der Waals surface area contributed by atoms with E-state index in [1.807, 2.05) is 12.4 Å². The molecule has 3 heteroatoms. The lowest BCUT2D eigenvalue weighted by Gasteiger charge is -2.48. The number of aromatic nitrogens is 1. The molecule has 1 spiro atoms. The highest BCUT2D eigenvalue weighted by molar-refractivity contribution is 5.15. The Morgan fingerprint density at radius 1 is 1.21 bits per heavy atom. The maximum Gasteiger partial charge on any atom is 0.0322 e. The minimum Gasteiger partial charge on any atom is -0.309 e. The zero-order chi connectivity index (χ0) is 13.1. The lowest BCUT2D eigenvalue weighted by molar-refractivity contribution is 0.0730. The van der Waals surface area contributed by atoms with Crippen molar-refractivity contribution in [1.29, 1.82) is 0 Å². The van der Waals surface area contributed by atoms with Crippen molar-refractivity contribution < 1.29 is 0 Å².